The van der Waals surface area contributed by atoms with Crippen LogP contribution < -0.4 is 5.46 Å². The Labute approximate surface area is 751 Å². The van der Waals surface area contributed by atoms with Gasteiger partial charge >= 0.3 is 14.2 Å². The molecule has 0 bridgehead atoms. The van der Waals surface area contributed by atoms with E-state index in [2.05, 4.69) is 336 Å². The Bertz CT molecular complexity index is 3800. The Kier molecular flexibility index (Phi) is 70.5. The number of alkyl halides is 1. The minimum Gasteiger partial charge on any atom is -0.427 e. The van der Waals surface area contributed by atoms with Gasteiger partial charge in [-0.15, -0.1) is 50.5 Å². The van der Waals surface area contributed by atoms with Crippen molar-refractivity contribution in [2.45, 2.75) is 206 Å². The summed E-state index contributed by atoms with van der Waals surface area (Å²) in [5, 5.41) is 34.0. The van der Waals surface area contributed by atoms with Gasteiger partial charge in [0.15, 0.2) is 0 Å². The minimum absolute atomic E-state index is 0. The van der Waals surface area contributed by atoms with Gasteiger partial charge in [-0.2, -0.15) is 22.4 Å². The summed E-state index contributed by atoms with van der Waals surface area (Å²) < 4.78 is 1.14. The summed E-state index contributed by atoms with van der Waals surface area (Å²) >= 11 is 26.8. The lowest BCUT2D eigenvalue weighted by atomic mass is 9.81. The topological polar surface area (TPSA) is 80.9 Å². The standard InChI is InChI=1S/C19H26SSi.C13H12S.C12H21BO2SSi.C7H7Br.3C7H8.3C6H6S.2C2H6.CH5BO2.CH3Br.3CH4/c1-15-7-9-16(10-8-15)17-11-13-18(14-12-17)20-21(5,6)19(2,3)4;1-10-2-4-11(5-3-10)12-6-8-13(14)9-7-12;1-12(2,3)17(4,5)16-11-8-6-10(7-9-11)13(14)15;1-6-2-4-7(8)5-3-6;3*1-7-5-3-2-4-6-7;3*7-6-4-2-1-3-5-6;2*1-2;1-2(3)4;1-2;;;/h7-14H,1-6H3;2-9,14H,1H3;6-9,14-15H,1-5H3;2-5H,1H3;3*2-6H,1H3;3*1-5,7H;2*1-2H3;3-4H,1H3;1H3;3*1H4. The second kappa shape index (κ2) is 69.0. The molecule has 0 spiro atoms. The van der Waals surface area contributed by atoms with Gasteiger partial charge in [0, 0.05) is 33.8 Å². The molecule has 0 aliphatic rings. The Balaban J connectivity index is -0.000000394. The fourth-order valence-electron chi connectivity index (χ4n) is 7.89. The van der Waals surface area contributed by atoms with E-state index in [4.69, 9.17) is 20.1 Å². The van der Waals surface area contributed by atoms with E-state index < -0.39 is 28.7 Å². The highest BCUT2D eigenvalue weighted by Gasteiger charge is 2.37. The smallest absolute Gasteiger partial charge is 0.427 e. The number of aryl methyl sites for hydroxylation is 6. The van der Waals surface area contributed by atoms with Gasteiger partial charge in [0.05, 0.1) is 0 Å². The van der Waals surface area contributed by atoms with E-state index in [1.54, 1.807) is 12.1 Å². The molecule has 115 heavy (non-hydrogen) atoms. The lowest BCUT2D eigenvalue weighted by Gasteiger charge is -2.36. The first kappa shape index (κ1) is 118. The van der Waals surface area contributed by atoms with Crippen molar-refractivity contribution in [2.75, 3.05) is 5.83 Å². The maximum atomic E-state index is 9.03. The van der Waals surface area contributed by atoms with Crippen molar-refractivity contribution >= 4 is 139 Å². The molecular formula is C99H140B2Br2O4S6Si2. The summed E-state index contributed by atoms with van der Waals surface area (Å²) in [5.74, 6) is 1.81. The third-order valence-electron chi connectivity index (χ3n) is 16.1. The quantitative estimate of drug-likeness (QED) is 0.0462. The Morgan fingerprint density at radius 3 is 0.635 bits per heavy atom. The third kappa shape index (κ3) is 60.3. The summed E-state index contributed by atoms with van der Waals surface area (Å²) in [6.45, 7) is 45.5. The molecular weight excluding hydrogens is 1680 g/mol. The molecule has 0 aliphatic heterocycles. The van der Waals surface area contributed by atoms with Gasteiger partial charge in [-0.3, -0.25) is 0 Å². The molecule has 624 valence electrons. The van der Waals surface area contributed by atoms with E-state index in [1.165, 1.54) is 72.2 Å². The first-order valence-electron chi connectivity index (χ1n) is 37.6. The van der Waals surface area contributed by atoms with E-state index >= 15 is 0 Å². The molecule has 0 saturated carbocycles. The average molecular weight is 1820 g/mol. The first-order valence-corrected chi connectivity index (χ1v) is 50.8. The van der Waals surface area contributed by atoms with E-state index in [9.17, 15) is 0 Å². The van der Waals surface area contributed by atoms with Crippen LogP contribution in [-0.2, 0) is 0 Å². The van der Waals surface area contributed by atoms with E-state index in [-0.39, 0.29) is 22.3 Å². The predicted molar refractivity (Wildman–Crippen MR) is 550 cm³/mol. The van der Waals surface area contributed by atoms with Crippen LogP contribution in [0.1, 0.15) is 125 Å². The summed E-state index contributed by atoms with van der Waals surface area (Å²) in [6, 6.07) is 110. The lowest BCUT2D eigenvalue weighted by molar-refractivity contribution is 0.417. The molecule has 16 heteroatoms. The number of thiol groups is 4. The molecule has 4 nitrogen and oxygen atoms in total. The van der Waals surface area contributed by atoms with Gasteiger partial charge in [-0.25, -0.2) is 0 Å². The fraction of sp³-hybridized carbons (Fsp3) is 0.273. The second-order valence-corrected chi connectivity index (χ2v) is 48.6. The van der Waals surface area contributed by atoms with Crippen LogP contribution in [0.25, 0.3) is 22.3 Å². The van der Waals surface area contributed by atoms with Crippen molar-refractivity contribution in [3.63, 3.8) is 0 Å². The first-order chi connectivity index (χ1) is 53.0. The van der Waals surface area contributed by atoms with Gasteiger partial charge < -0.3 is 20.1 Å². The van der Waals surface area contributed by atoms with E-state index in [0.29, 0.717) is 15.5 Å². The maximum absolute atomic E-state index is 9.03. The average Bonchev–Trinajstić information content (AvgIpc) is 0.825. The van der Waals surface area contributed by atoms with E-state index in [1.807, 2.05) is 227 Å². The fourth-order valence-corrected chi connectivity index (χ4v) is 17.3. The molecule has 0 amide bonds. The zero-order valence-corrected chi connectivity index (χ0v) is 80.9. The van der Waals surface area contributed by atoms with Gasteiger partial charge in [-0.1, -0.05) is 426 Å². The lowest BCUT2D eigenvalue weighted by Crippen LogP contribution is -2.33. The minimum atomic E-state index is -1.40. The summed E-state index contributed by atoms with van der Waals surface area (Å²) in [5.41, 5.74) is 13.5. The van der Waals surface area contributed by atoms with Crippen LogP contribution in [0.4, 0.5) is 0 Å². The summed E-state index contributed by atoms with van der Waals surface area (Å²) in [6.07, 6.45) is 0. The molecule has 0 aromatic heterocycles. The van der Waals surface area contributed by atoms with Gasteiger partial charge in [0.2, 0.25) is 0 Å². The van der Waals surface area contributed by atoms with Gasteiger partial charge in [-0.05, 0) is 177 Å². The van der Waals surface area contributed by atoms with Crippen molar-refractivity contribution in [1.29, 1.82) is 0 Å². The SMILES string of the molecule is C.C.C.CB(O)O.CBr.CC.CC.CC(C)(C)[Si](C)(C)Sc1ccc(B(O)O)cc1.Cc1ccc(-c2ccc(S)cc2)cc1.Cc1ccc(-c2ccc(S[Si](C)(C)C(C)(C)C)cc2)cc1.Cc1ccc(Br)cc1.Cc1ccccc1.Cc1ccccc1.Cc1ccccc1.Sc1ccccc1.Sc1ccccc1.Sc1ccccc1. The third-order valence-corrected chi connectivity index (χ3v) is 35.3. The Morgan fingerprint density at radius 2 is 0.461 bits per heavy atom. The Morgan fingerprint density at radius 1 is 0.287 bits per heavy atom. The highest BCUT2D eigenvalue weighted by molar-refractivity contribution is 9.10. The molecule has 0 aliphatic carbocycles. The number of halogens is 2. The molecule has 0 saturated heterocycles. The molecule has 0 atom stereocenters. The zero-order chi connectivity index (χ0) is 85.1. The highest BCUT2D eigenvalue weighted by atomic mass is 79.9. The zero-order valence-electron chi connectivity index (χ0n) is 70.5. The molecule has 12 aromatic rings. The number of hydrogen-bond donors (Lipinski definition) is 8. The van der Waals surface area contributed by atoms with Crippen LogP contribution in [0.2, 0.25) is 43.1 Å². The number of rotatable bonds is 7. The molecule has 12 rings (SSSR count). The molecule has 0 fully saturated rings. The predicted octanol–water partition coefficient (Wildman–Crippen LogP) is 31.9. The maximum Gasteiger partial charge on any atom is 0.488 e. The molecule has 12 aromatic carbocycles. The molecule has 0 unspecified atom stereocenters. The van der Waals surface area contributed by atoms with Crippen molar-refractivity contribution in [1.82, 2.24) is 0 Å². The second-order valence-electron chi connectivity index (χ2n) is 27.9. The highest BCUT2D eigenvalue weighted by Crippen LogP contribution is 2.47. The van der Waals surface area contributed by atoms with Crippen LogP contribution in [0.3, 0.4) is 0 Å². The van der Waals surface area contributed by atoms with Crippen molar-refractivity contribution in [3.05, 3.63) is 365 Å². The molecule has 0 radical (unpaired) electrons. The largest absolute Gasteiger partial charge is 0.488 e. The van der Waals surface area contributed by atoms with E-state index in [0.717, 1.165) is 24.1 Å². The Hall–Kier alpha value is -5.90. The summed E-state index contributed by atoms with van der Waals surface area (Å²) in [4.78, 5) is 6.66. The van der Waals surface area contributed by atoms with Crippen LogP contribution in [-0.4, -0.2) is 54.6 Å². The van der Waals surface area contributed by atoms with Crippen molar-refractivity contribution in [3.8, 4) is 22.3 Å². The monoisotopic (exact) mass is 1820 g/mol. The number of hydrogen-bond acceptors (Lipinski definition) is 10. The van der Waals surface area contributed by atoms with Crippen molar-refractivity contribution < 1.29 is 20.1 Å². The van der Waals surface area contributed by atoms with Crippen molar-refractivity contribution in [2.24, 2.45) is 0 Å². The normalized spacial score (nSPS) is 9.60. The van der Waals surface area contributed by atoms with Crippen LogP contribution in [0.5, 0.6) is 0 Å². The molecule has 0 heterocycles. The van der Waals surface area contributed by atoms with Crippen LogP contribution >= 0.6 is 105 Å². The molecule has 4 N–H and O–H groups in total. The van der Waals surface area contributed by atoms with Crippen LogP contribution in [0.15, 0.2) is 361 Å². The van der Waals surface area contributed by atoms with Gasteiger partial charge in [0.25, 0.3) is 0 Å². The number of benzene rings is 12. The van der Waals surface area contributed by atoms with Crippen LogP contribution in [0, 0.1) is 41.5 Å². The van der Waals surface area contributed by atoms with Gasteiger partial charge in [0.1, 0.15) is 14.4 Å². The summed E-state index contributed by atoms with van der Waals surface area (Å²) in [7, 11) is -5.27.